The van der Waals surface area contributed by atoms with Crippen LogP contribution in [0.25, 0.3) is 11.4 Å². The third kappa shape index (κ3) is 12.5. The highest BCUT2D eigenvalue weighted by molar-refractivity contribution is 7.86. The zero-order valence-electron chi connectivity index (χ0n) is 38.6. The van der Waals surface area contributed by atoms with Crippen molar-refractivity contribution >= 4 is 21.5 Å². The van der Waals surface area contributed by atoms with Crippen LogP contribution in [0.3, 0.4) is 0 Å². The van der Waals surface area contributed by atoms with Gasteiger partial charge in [0.1, 0.15) is 34.6 Å². The molecule has 0 amide bonds. The average Bonchev–Trinajstić information content (AvgIpc) is 4.25. The van der Waals surface area contributed by atoms with Crippen molar-refractivity contribution in [2.24, 2.45) is 10.8 Å². The molecule has 380 valence electrons. The minimum absolute atomic E-state index is 0. The number of hydrogen-bond donors (Lipinski definition) is 0. The first kappa shape index (κ1) is 53.5. The van der Waals surface area contributed by atoms with Crippen LogP contribution in [0.15, 0.2) is 87.5 Å². The Morgan fingerprint density at radius 3 is 1.34 bits per heavy atom. The van der Waals surface area contributed by atoms with Crippen LogP contribution in [0, 0.1) is 41.0 Å². The van der Waals surface area contributed by atoms with Gasteiger partial charge < -0.3 is 29.1 Å². The van der Waals surface area contributed by atoms with Gasteiger partial charge in [0.2, 0.25) is 11.5 Å². The Labute approximate surface area is 407 Å². The van der Waals surface area contributed by atoms with Gasteiger partial charge >= 0.3 is 11.1 Å². The number of aryl methyl sites for hydroxylation is 1. The molecule has 20 heteroatoms. The van der Waals surface area contributed by atoms with E-state index in [0.717, 1.165) is 104 Å². The number of benzene rings is 3. The highest BCUT2D eigenvalue weighted by Crippen LogP contribution is 2.49. The lowest BCUT2D eigenvalue weighted by Crippen LogP contribution is -2.45. The number of nitrogens with zero attached hydrogens (tertiary/aromatic N) is 8. The van der Waals surface area contributed by atoms with Crippen LogP contribution in [0.2, 0.25) is 0 Å². The molecule has 2 aliphatic carbocycles. The van der Waals surface area contributed by atoms with Crippen LogP contribution in [0.1, 0.15) is 59.4 Å². The number of ether oxygens (including phenoxy) is 2. The monoisotopic (exact) mass is 996 g/mol. The summed E-state index contributed by atoms with van der Waals surface area (Å²) in [6.07, 6.45) is 7.51. The molecule has 70 heavy (non-hydrogen) atoms. The van der Waals surface area contributed by atoms with Crippen molar-refractivity contribution in [1.29, 1.82) is 0 Å². The molecule has 4 heterocycles. The maximum absolute atomic E-state index is 13.9. The minimum atomic E-state index is -3.96. The number of aromatic nitrogens is 4. The van der Waals surface area contributed by atoms with E-state index >= 15 is 0 Å². The highest BCUT2D eigenvalue weighted by atomic mass is 32.2. The Kier molecular flexibility index (Phi) is 16.9. The summed E-state index contributed by atoms with van der Waals surface area (Å²) in [7, 11) is 0.104. The largest absolute Gasteiger partial charge is 0.486 e. The van der Waals surface area contributed by atoms with Gasteiger partial charge in [0, 0.05) is 75.3 Å². The summed E-state index contributed by atoms with van der Waals surface area (Å²) in [4.78, 5) is 35.3. The molecule has 0 spiro atoms. The Bertz CT molecular complexity index is 2800. The van der Waals surface area contributed by atoms with Crippen molar-refractivity contribution in [3.05, 3.63) is 123 Å². The van der Waals surface area contributed by atoms with E-state index in [-0.39, 0.29) is 61.3 Å². The quantitative estimate of drug-likeness (QED) is 0.0769. The van der Waals surface area contributed by atoms with Gasteiger partial charge in [0.15, 0.2) is 0 Å². The van der Waals surface area contributed by atoms with Gasteiger partial charge in [0.05, 0.1) is 48.5 Å². The van der Waals surface area contributed by atoms with Crippen LogP contribution in [-0.2, 0) is 14.3 Å². The summed E-state index contributed by atoms with van der Waals surface area (Å²) in [5.41, 5.74) is 0.404. The maximum Gasteiger partial charge on any atom is 0.316 e. The predicted molar refractivity (Wildman–Crippen MR) is 261 cm³/mol. The van der Waals surface area contributed by atoms with Gasteiger partial charge in [-0.3, -0.25) is 13.8 Å². The summed E-state index contributed by atoms with van der Waals surface area (Å²) >= 11 is 0. The van der Waals surface area contributed by atoms with Crippen molar-refractivity contribution in [3.63, 3.8) is 0 Å². The maximum atomic E-state index is 13.9. The molecular weight excluding hydrogens is 933 g/mol. The highest BCUT2D eigenvalue weighted by Gasteiger charge is 2.46. The lowest BCUT2D eigenvalue weighted by Gasteiger charge is -2.34. The van der Waals surface area contributed by atoms with Gasteiger partial charge in [0.25, 0.3) is 10.1 Å². The van der Waals surface area contributed by atoms with Gasteiger partial charge in [-0.05, 0) is 89.5 Å². The third-order valence-corrected chi connectivity index (χ3v) is 14.5. The number of hydrogen-bond acceptors (Lipinski definition) is 13. The van der Waals surface area contributed by atoms with Gasteiger partial charge in [-0.25, -0.2) is 17.6 Å². The van der Waals surface area contributed by atoms with E-state index in [1.54, 1.807) is 18.3 Å². The summed E-state index contributed by atoms with van der Waals surface area (Å²) < 4.78 is 100. The molecule has 15 nitrogen and oxygen atoms in total. The molecule has 0 bridgehead atoms. The van der Waals surface area contributed by atoms with Crippen LogP contribution in [-0.4, -0.2) is 124 Å². The van der Waals surface area contributed by atoms with Crippen LogP contribution < -0.4 is 30.4 Å². The second-order valence-electron chi connectivity index (χ2n) is 18.4. The van der Waals surface area contributed by atoms with Gasteiger partial charge in [-0.15, -0.1) is 0 Å². The Morgan fingerprint density at radius 1 is 0.586 bits per heavy atom. The molecule has 3 aromatic carbocycles. The van der Waals surface area contributed by atoms with Gasteiger partial charge in [-0.1, -0.05) is 39.5 Å². The number of rotatable bonds is 15. The second kappa shape index (κ2) is 22.1. The molecule has 0 N–H and O–H groups in total. The van der Waals surface area contributed by atoms with E-state index in [0.29, 0.717) is 50.0 Å². The normalized spacial score (nSPS) is 17.4. The molecule has 5 aromatic rings. The Morgan fingerprint density at radius 2 is 0.971 bits per heavy atom. The fourth-order valence-electron chi connectivity index (χ4n) is 8.08. The fraction of sp³-hybridized carbons (Fsp3) is 0.480. The zero-order valence-corrected chi connectivity index (χ0v) is 39.4. The van der Waals surface area contributed by atoms with Crippen molar-refractivity contribution in [2.75, 3.05) is 96.1 Å². The second-order valence-corrected chi connectivity index (χ2v) is 20.1. The molecule has 4 aliphatic rings. The number of piperazine rings is 2. The lowest BCUT2D eigenvalue weighted by molar-refractivity contribution is 0.162. The molecule has 0 radical (unpaired) electrons. The minimum Gasteiger partial charge on any atom is -0.486 e. The van der Waals surface area contributed by atoms with E-state index in [1.807, 2.05) is 18.9 Å². The van der Waals surface area contributed by atoms with Crippen molar-refractivity contribution in [1.82, 2.24) is 29.4 Å². The summed E-state index contributed by atoms with van der Waals surface area (Å²) in [6.45, 7) is 10.4. The third-order valence-electron chi connectivity index (χ3n) is 13.2. The van der Waals surface area contributed by atoms with Crippen LogP contribution >= 0.6 is 0 Å². The van der Waals surface area contributed by atoms with Gasteiger partial charge in [-0.2, -0.15) is 28.0 Å². The summed E-state index contributed by atoms with van der Waals surface area (Å²) in [5, 5.41) is 8.39. The molecule has 9 rings (SSSR count). The molecule has 0 unspecified atom stereocenters. The number of likely N-dealkylation sites (N-methyl/N-ethyl adjacent to an activating group) is 2. The lowest BCUT2D eigenvalue weighted by atomic mass is 10.1. The molecule has 2 saturated heterocycles. The zero-order chi connectivity index (χ0) is 48.4. The Hall–Kier alpha value is -5.83. The van der Waals surface area contributed by atoms with E-state index < -0.39 is 49.9 Å². The fourth-order valence-corrected chi connectivity index (χ4v) is 9.09. The number of anilines is 2. The van der Waals surface area contributed by atoms with E-state index in [4.69, 9.17) is 13.7 Å². The number of halogens is 4. The van der Waals surface area contributed by atoms with Crippen molar-refractivity contribution in [2.45, 2.75) is 65.7 Å². The van der Waals surface area contributed by atoms with Crippen LogP contribution in [0.4, 0.5) is 28.9 Å². The smallest absolute Gasteiger partial charge is 0.316 e. The first-order valence-electron chi connectivity index (χ1n) is 22.7. The average molecular weight is 997 g/mol. The molecule has 2 aliphatic heterocycles. The predicted octanol–water partition coefficient (Wildman–Crippen LogP) is 7.24. The van der Waals surface area contributed by atoms with E-state index in [9.17, 15) is 35.6 Å². The van der Waals surface area contributed by atoms with Crippen molar-refractivity contribution < 1.29 is 39.6 Å². The SMILES string of the molecule is C.C.CCC1(COc2c(N3CCN(C)CC3)cnn(-c3cc(F)cc(F)c3)c2=O)CC1.Cc1ccc(S(=O)(=O)OCC2(COc3c(N4CCN(C)CC4)cnn(-c4cc(F)cc(F)c4)c3=O)CC2)cc1. The van der Waals surface area contributed by atoms with E-state index in [1.165, 1.54) is 18.3 Å². The first-order chi connectivity index (χ1) is 32.5. The molecule has 0 atom stereocenters. The molecule has 2 aromatic heterocycles. The van der Waals surface area contributed by atoms with Crippen molar-refractivity contribution in [3.8, 4) is 22.9 Å². The molecule has 4 fully saturated rings. The molecular formula is C50H64F4N8O7S. The first-order valence-corrected chi connectivity index (χ1v) is 24.1. The topological polar surface area (TPSA) is 145 Å². The Balaban J connectivity index is 0.000000232. The van der Waals surface area contributed by atoms with E-state index in [2.05, 4.69) is 38.9 Å². The summed E-state index contributed by atoms with van der Waals surface area (Å²) in [6, 6.07) is 12.1. The standard InChI is InChI=1S/C27H30F2N4O5S.C21H26F2N4O2.2CH4/c1-19-3-5-23(6-4-19)39(35,36)38-18-27(7-8-27)17-37-25-24(32-11-9-31(2)10-12-32)16-30-33(26(25)34)22-14-20(28)13-21(29)15-22;1-3-21(4-5-21)14-29-19-18(26-8-6-25(2)7-9-26)13-24-27(20(19)28)17-11-15(22)10-16(23)12-17;;/h3-6,13-16H,7-12,17-18H2,1-2H3;10-13H,3-9,14H2,1-2H3;2*1H4. The van der Waals surface area contributed by atoms with Crippen LogP contribution in [0.5, 0.6) is 11.5 Å². The summed E-state index contributed by atoms with van der Waals surface area (Å²) in [5.74, 6) is -3.01. The molecule has 2 saturated carbocycles.